The molecule has 0 heterocycles. The molecule has 2 aromatic rings. The second-order valence-electron chi connectivity index (χ2n) is 6.56. The summed E-state index contributed by atoms with van der Waals surface area (Å²) in [7, 11) is 1.65. The summed E-state index contributed by atoms with van der Waals surface area (Å²) in [5.74, 6) is 0.836. The van der Waals surface area contributed by atoms with Crippen molar-refractivity contribution in [2.75, 3.05) is 12.4 Å². The summed E-state index contributed by atoms with van der Waals surface area (Å²) >= 11 is 0. The summed E-state index contributed by atoms with van der Waals surface area (Å²) in [6, 6.07) is 17.4. The number of benzene rings is 2. The predicted molar refractivity (Wildman–Crippen MR) is 101 cm³/mol. The average Bonchev–Trinajstić information content (AvgIpc) is 2.68. The third-order valence-electron chi connectivity index (χ3n) is 4.75. The molecule has 0 saturated heterocycles. The number of nitrogens with one attached hydrogen (secondary N) is 2. The van der Waals surface area contributed by atoms with Gasteiger partial charge in [0.05, 0.1) is 7.11 Å². The lowest BCUT2D eigenvalue weighted by Gasteiger charge is -2.26. The molecule has 1 aliphatic carbocycles. The molecule has 0 aliphatic heterocycles. The number of carbonyl (C=O) groups is 1. The van der Waals surface area contributed by atoms with E-state index in [4.69, 9.17) is 4.74 Å². The van der Waals surface area contributed by atoms with Crippen LogP contribution in [0.4, 0.5) is 5.69 Å². The van der Waals surface area contributed by atoms with Gasteiger partial charge in [0.25, 0.3) is 0 Å². The minimum atomic E-state index is -0.406. The molecule has 4 nitrogen and oxygen atoms in total. The average molecular weight is 338 g/mol. The van der Waals surface area contributed by atoms with E-state index in [9.17, 15) is 4.79 Å². The van der Waals surface area contributed by atoms with E-state index in [1.165, 1.54) is 19.3 Å². The van der Waals surface area contributed by atoms with Crippen LogP contribution in [0.15, 0.2) is 54.6 Å². The summed E-state index contributed by atoms with van der Waals surface area (Å²) in [5.41, 5.74) is 1.86. The molecule has 1 amide bonds. The van der Waals surface area contributed by atoms with Crippen molar-refractivity contribution in [3.05, 3.63) is 60.2 Å². The Kier molecular flexibility index (Phi) is 5.94. The fourth-order valence-electron chi connectivity index (χ4n) is 3.33. The van der Waals surface area contributed by atoms with Gasteiger partial charge in [-0.2, -0.15) is 0 Å². The van der Waals surface area contributed by atoms with E-state index in [0.29, 0.717) is 6.04 Å². The maximum Gasteiger partial charge on any atom is 0.247 e. The molecule has 1 atom stereocenters. The van der Waals surface area contributed by atoms with Gasteiger partial charge in [-0.05, 0) is 42.7 Å². The Labute approximate surface area is 149 Å². The molecule has 0 spiro atoms. The third kappa shape index (κ3) is 4.75. The Balaban J connectivity index is 1.75. The zero-order chi connectivity index (χ0) is 17.5. The monoisotopic (exact) mass is 338 g/mol. The number of ether oxygens (including phenoxy) is 1. The molecular formula is C21H26N2O2. The molecule has 0 aromatic heterocycles. The molecule has 3 rings (SSSR count). The number of hydrogen-bond donors (Lipinski definition) is 2. The predicted octanol–water partition coefficient (Wildman–Crippen LogP) is 4.30. The van der Waals surface area contributed by atoms with Crippen LogP contribution >= 0.6 is 0 Å². The smallest absolute Gasteiger partial charge is 0.247 e. The van der Waals surface area contributed by atoms with Gasteiger partial charge in [-0.15, -0.1) is 0 Å². The molecule has 2 N–H and O–H groups in total. The minimum absolute atomic E-state index is 0.0360. The van der Waals surface area contributed by atoms with Crippen molar-refractivity contribution in [3.63, 3.8) is 0 Å². The third-order valence-corrected chi connectivity index (χ3v) is 4.75. The molecule has 1 unspecified atom stereocenters. The van der Waals surface area contributed by atoms with Crippen LogP contribution in [-0.4, -0.2) is 19.1 Å². The lowest BCUT2D eigenvalue weighted by Crippen LogP contribution is -2.41. The van der Waals surface area contributed by atoms with Crippen LogP contribution in [0.5, 0.6) is 5.75 Å². The molecule has 132 valence electrons. The number of amides is 1. The molecule has 1 saturated carbocycles. The second-order valence-corrected chi connectivity index (χ2v) is 6.56. The van der Waals surface area contributed by atoms with Crippen LogP contribution in [0.2, 0.25) is 0 Å². The lowest BCUT2D eigenvalue weighted by atomic mass is 9.95. The first-order valence-electron chi connectivity index (χ1n) is 9.02. The minimum Gasteiger partial charge on any atom is -0.497 e. The van der Waals surface area contributed by atoms with Crippen molar-refractivity contribution in [3.8, 4) is 5.75 Å². The van der Waals surface area contributed by atoms with E-state index in [-0.39, 0.29) is 5.91 Å². The van der Waals surface area contributed by atoms with Gasteiger partial charge in [0, 0.05) is 11.7 Å². The lowest BCUT2D eigenvalue weighted by molar-refractivity contribution is -0.122. The van der Waals surface area contributed by atoms with Crippen molar-refractivity contribution >= 4 is 11.6 Å². The number of carbonyl (C=O) groups excluding carboxylic acids is 1. The Morgan fingerprint density at radius 3 is 2.32 bits per heavy atom. The van der Waals surface area contributed by atoms with Crippen molar-refractivity contribution in [1.82, 2.24) is 5.32 Å². The van der Waals surface area contributed by atoms with E-state index >= 15 is 0 Å². The summed E-state index contributed by atoms with van der Waals surface area (Å²) < 4.78 is 5.20. The van der Waals surface area contributed by atoms with E-state index < -0.39 is 6.04 Å². The molecule has 0 radical (unpaired) electrons. The first kappa shape index (κ1) is 17.3. The van der Waals surface area contributed by atoms with Crippen molar-refractivity contribution in [2.24, 2.45) is 0 Å². The zero-order valence-corrected chi connectivity index (χ0v) is 14.7. The van der Waals surface area contributed by atoms with Gasteiger partial charge in [-0.25, -0.2) is 0 Å². The van der Waals surface area contributed by atoms with Gasteiger partial charge < -0.3 is 15.4 Å². The normalized spacial score (nSPS) is 16.0. The summed E-state index contributed by atoms with van der Waals surface area (Å²) in [6.45, 7) is 0. The number of anilines is 1. The molecule has 4 heteroatoms. The Bertz CT molecular complexity index is 664. The van der Waals surface area contributed by atoms with E-state index in [2.05, 4.69) is 10.6 Å². The van der Waals surface area contributed by atoms with E-state index in [1.807, 2.05) is 54.6 Å². The highest BCUT2D eigenvalue weighted by Crippen LogP contribution is 2.24. The second kappa shape index (κ2) is 8.56. The molecule has 1 fully saturated rings. The number of rotatable bonds is 6. The summed E-state index contributed by atoms with van der Waals surface area (Å²) in [4.78, 5) is 12.9. The first-order valence-corrected chi connectivity index (χ1v) is 9.02. The molecule has 1 aliphatic rings. The highest BCUT2D eigenvalue weighted by atomic mass is 16.5. The van der Waals surface area contributed by atoms with Crippen molar-refractivity contribution in [2.45, 2.75) is 44.2 Å². The maximum absolute atomic E-state index is 12.9. The highest BCUT2D eigenvalue weighted by Gasteiger charge is 2.24. The Morgan fingerprint density at radius 2 is 1.68 bits per heavy atom. The van der Waals surface area contributed by atoms with Crippen LogP contribution in [-0.2, 0) is 4.79 Å². The molecule has 25 heavy (non-hydrogen) atoms. The fraction of sp³-hybridized carbons (Fsp3) is 0.381. The van der Waals surface area contributed by atoms with E-state index in [1.54, 1.807) is 7.11 Å². The van der Waals surface area contributed by atoms with Gasteiger partial charge in [0.15, 0.2) is 0 Å². The van der Waals surface area contributed by atoms with Gasteiger partial charge in [-0.1, -0.05) is 49.6 Å². The Hall–Kier alpha value is -2.49. The zero-order valence-electron chi connectivity index (χ0n) is 14.7. The molecular weight excluding hydrogens is 312 g/mol. The van der Waals surface area contributed by atoms with Crippen molar-refractivity contribution in [1.29, 1.82) is 0 Å². The molecule has 0 bridgehead atoms. The van der Waals surface area contributed by atoms with Gasteiger partial charge >= 0.3 is 0 Å². The van der Waals surface area contributed by atoms with Crippen LogP contribution in [0.25, 0.3) is 0 Å². The standard InChI is InChI=1S/C21H26N2O2/c1-25-19-14-12-18(13-15-19)22-20(16-8-4-2-5-9-16)21(24)23-17-10-6-3-7-11-17/h2,4-5,8-9,12-15,17,20,22H,3,6-7,10-11H2,1H3,(H,23,24). The number of methoxy groups -OCH3 is 1. The maximum atomic E-state index is 12.9. The van der Waals surface area contributed by atoms with Gasteiger partial charge in [0.2, 0.25) is 5.91 Å². The van der Waals surface area contributed by atoms with Crippen LogP contribution in [0.1, 0.15) is 43.7 Å². The quantitative estimate of drug-likeness (QED) is 0.826. The number of hydrogen-bond acceptors (Lipinski definition) is 3. The summed E-state index contributed by atoms with van der Waals surface area (Å²) in [6.07, 6.45) is 5.84. The van der Waals surface area contributed by atoms with Crippen LogP contribution in [0, 0.1) is 0 Å². The summed E-state index contributed by atoms with van der Waals surface area (Å²) in [5, 5.41) is 6.60. The topological polar surface area (TPSA) is 50.4 Å². The van der Waals surface area contributed by atoms with Gasteiger partial charge in [0.1, 0.15) is 11.8 Å². The van der Waals surface area contributed by atoms with E-state index in [0.717, 1.165) is 29.8 Å². The first-order chi connectivity index (χ1) is 12.3. The van der Waals surface area contributed by atoms with Gasteiger partial charge in [-0.3, -0.25) is 4.79 Å². The highest BCUT2D eigenvalue weighted by molar-refractivity contribution is 5.86. The SMILES string of the molecule is COc1ccc(NC(C(=O)NC2CCCCC2)c2ccccc2)cc1. The van der Waals surface area contributed by atoms with Crippen LogP contribution in [0.3, 0.4) is 0 Å². The largest absolute Gasteiger partial charge is 0.497 e. The van der Waals surface area contributed by atoms with Crippen molar-refractivity contribution < 1.29 is 9.53 Å². The molecule has 2 aromatic carbocycles. The van der Waals surface area contributed by atoms with Crippen LogP contribution < -0.4 is 15.4 Å². The Morgan fingerprint density at radius 1 is 1.00 bits per heavy atom. The fourth-order valence-corrected chi connectivity index (χ4v) is 3.33.